The van der Waals surface area contributed by atoms with Crippen LogP contribution in [0.4, 0.5) is 0 Å². The molecule has 2 heteroatoms. The van der Waals surface area contributed by atoms with Gasteiger partial charge in [0.1, 0.15) is 5.75 Å². The van der Waals surface area contributed by atoms with E-state index in [1.165, 1.54) is 23.1 Å². The van der Waals surface area contributed by atoms with Gasteiger partial charge < -0.3 is 9.84 Å². The quantitative estimate of drug-likeness (QED) is 0.821. The van der Waals surface area contributed by atoms with Crippen LogP contribution in [-0.2, 0) is 6.42 Å². The molecule has 128 valence electrons. The molecule has 0 heterocycles. The van der Waals surface area contributed by atoms with Crippen molar-refractivity contribution in [1.29, 1.82) is 0 Å². The number of rotatable bonds is 3. The van der Waals surface area contributed by atoms with E-state index in [1.807, 2.05) is 0 Å². The largest absolute Gasteiger partial charge is 0.497 e. The van der Waals surface area contributed by atoms with Crippen molar-refractivity contribution < 1.29 is 9.84 Å². The minimum absolute atomic E-state index is 0.00936. The van der Waals surface area contributed by atoms with Gasteiger partial charge in [-0.25, -0.2) is 0 Å². The molecule has 1 N–H and O–H groups in total. The van der Waals surface area contributed by atoms with Gasteiger partial charge in [-0.2, -0.15) is 0 Å². The zero-order valence-electron chi connectivity index (χ0n) is 14.8. The minimum atomic E-state index is -0.199. The molecule has 2 nitrogen and oxygen atoms in total. The molecule has 0 aliphatic heterocycles. The fourth-order valence-corrected chi connectivity index (χ4v) is 5.64. The van der Waals surface area contributed by atoms with E-state index in [-0.39, 0.29) is 11.5 Å². The Morgan fingerprint density at radius 3 is 3.00 bits per heavy atom. The van der Waals surface area contributed by atoms with Crippen LogP contribution in [0.5, 0.6) is 5.75 Å². The molecule has 0 bridgehead atoms. The van der Waals surface area contributed by atoms with Crippen molar-refractivity contribution in [2.24, 2.45) is 17.3 Å². The van der Waals surface area contributed by atoms with Crippen LogP contribution in [0.25, 0.3) is 0 Å². The molecule has 0 saturated heterocycles. The molecule has 3 aliphatic rings. The van der Waals surface area contributed by atoms with E-state index in [9.17, 15) is 5.11 Å². The second-order valence-electron chi connectivity index (χ2n) is 8.05. The first-order valence-corrected chi connectivity index (χ1v) is 9.24. The Balaban J connectivity index is 1.79. The predicted molar refractivity (Wildman–Crippen MR) is 97.3 cm³/mol. The zero-order valence-corrected chi connectivity index (χ0v) is 14.8. The first-order chi connectivity index (χ1) is 11.6. The van der Waals surface area contributed by atoms with E-state index in [0.717, 1.165) is 31.4 Å². The molecule has 4 rings (SSSR count). The van der Waals surface area contributed by atoms with Crippen LogP contribution in [0.3, 0.4) is 0 Å². The van der Waals surface area contributed by atoms with Crippen LogP contribution in [0.1, 0.15) is 49.7 Å². The third-order valence-electron chi connectivity index (χ3n) is 6.93. The van der Waals surface area contributed by atoms with Crippen molar-refractivity contribution in [2.75, 3.05) is 7.11 Å². The molecule has 1 aromatic rings. The average Bonchev–Trinajstić information content (AvgIpc) is 2.89. The molecule has 0 radical (unpaired) electrons. The SMILES string of the molecule is C=CC[C@@H]1Cc2cc(OC)ccc2[C@H]2CC[C@@]3(C)C(=CC[C@@H]3O)[C@H]12. The summed E-state index contributed by atoms with van der Waals surface area (Å²) < 4.78 is 5.45. The molecule has 24 heavy (non-hydrogen) atoms. The maximum Gasteiger partial charge on any atom is 0.119 e. The Kier molecular flexibility index (Phi) is 3.84. The lowest BCUT2D eigenvalue weighted by Gasteiger charge is -2.50. The Bertz CT molecular complexity index is 689. The molecule has 3 aliphatic carbocycles. The Labute approximate surface area is 145 Å². The van der Waals surface area contributed by atoms with Gasteiger partial charge in [-0.3, -0.25) is 0 Å². The van der Waals surface area contributed by atoms with Gasteiger partial charge in [0.2, 0.25) is 0 Å². The summed E-state index contributed by atoms with van der Waals surface area (Å²) in [6, 6.07) is 6.62. The van der Waals surface area contributed by atoms with Crippen molar-refractivity contribution in [3.63, 3.8) is 0 Å². The maximum atomic E-state index is 10.6. The van der Waals surface area contributed by atoms with Crippen molar-refractivity contribution in [1.82, 2.24) is 0 Å². The third-order valence-corrected chi connectivity index (χ3v) is 6.93. The molecule has 1 aromatic carbocycles. The highest BCUT2D eigenvalue weighted by Crippen LogP contribution is 2.60. The lowest BCUT2D eigenvalue weighted by molar-refractivity contribution is 0.0397. The van der Waals surface area contributed by atoms with E-state index in [0.29, 0.717) is 17.8 Å². The van der Waals surface area contributed by atoms with E-state index in [2.05, 4.69) is 43.9 Å². The van der Waals surface area contributed by atoms with E-state index in [4.69, 9.17) is 4.74 Å². The number of aliphatic hydroxyl groups is 1. The Morgan fingerprint density at radius 2 is 2.25 bits per heavy atom. The summed E-state index contributed by atoms with van der Waals surface area (Å²) in [5, 5.41) is 10.6. The van der Waals surface area contributed by atoms with Gasteiger partial charge in [0.25, 0.3) is 0 Å². The van der Waals surface area contributed by atoms with Crippen LogP contribution in [-0.4, -0.2) is 18.3 Å². The number of aliphatic hydroxyl groups excluding tert-OH is 1. The van der Waals surface area contributed by atoms with E-state index >= 15 is 0 Å². The molecule has 5 atom stereocenters. The fraction of sp³-hybridized carbons (Fsp3) is 0.545. The van der Waals surface area contributed by atoms with Gasteiger partial charge in [-0.15, -0.1) is 6.58 Å². The zero-order chi connectivity index (χ0) is 16.9. The second kappa shape index (κ2) is 5.77. The monoisotopic (exact) mass is 324 g/mol. The summed E-state index contributed by atoms with van der Waals surface area (Å²) in [6.45, 7) is 6.29. The first kappa shape index (κ1) is 16.0. The van der Waals surface area contributed by atoms with Gasteiger partial charge in [0.15, 0.2) is 0 Å². The van der Waals surface area contributed by atoms with Gasteiger partial charge in [-0.05, 0) is 73.1 Å². The highest BCUT2D eigenvalue weighted by atomic mass is 16.5. The minimum Gasteiger partial charge on any atom is -0.497 e. The highest BCUT2D eigenvalue weighted by Gasteiger charge is 2.52. The normalized spacial score (nSPS) is 37.0. The number of fused-ring (bicyclic) bond motifs is 5. The van der Waals surface area contributed by atoms with Crippen molar-refractivity contribution >= 4 is 0 Å². The average molecular weight is 324 g/mol. The number of ether oxygens (including phenoxy) is 1. The standard InChI is InChI=1S/C22H28O2/c1-4-5-14-12-15-13-16(24-3)6-7-17(15)18-10-11-22(2)19(21(14)18)8-9-20(22)23/h4,6-8,13-14,18,20-21,23H,1,5,9-12H2,2-3H3/t14-,18-,20+,21-,22+/m1/s1. The summed E-state index contributed by atoms with van der Waals surface area (Å²) in [6.07, 6.45) is 9.44. The van der Waals surface area contributed by atoms with Crippen LogP contribution in [0.2, 0.25) is 0 Å². The van der Waals surface area contributed by atoms with Crippen LogP contribution in [0, 0.1) is 17.3 Å². The molecule has 1 fully saturated rings. The fourth-order valence-electron chi connectivity index (χ4n) is 5.64. The van der Waals surface area contributed by atoms with Crippen LogP contribution >= 0.6 is 0 Å². The summed E-state index contributed by atoms with van der Waals surface area (Å²) in [4.78, 5) is 0. The molecular weight excluding hydrogens is 296 g/mol. The number of hydrogen-bond acceptors (Lipinski definition) is 2. The number of hydrogen-bond donors (Lipinski definition) is 1. The third kappa shape index (κ3) is 2.19. The van der Waals surface area contributed by atoms with Crippen molar-refractivity contribution in [2.45, 2.75) is 51.0 Å². The topological polar surface area (TPSA) is 29.5 Å². The molecular formula is C22H28O2. The van der Waals surface area contributed by atoms with Gasteiger partial charge in [0.05, 0.1) is 13.2 Å². The number of benzene rings is 1. The van der Waals surface area contributed by atoms with Crippen LogP contribution < -0.4 is 4.74 Å². The Hall–Kier alpha value is -1.54. The van der Waals surface area contributed by atoms with Crippen molar-refractivity contribution in [3.8, 4) is 5.75 Å². The van der Waals surface area contributed by atoms with Gasteiger partial charge in [0, 0.05) is 5.41 Å². The van der Waals surface area contributed by atoms with E-state index in [1.54, 1.807) is 7.11 Å². The van der Waals surface area contributed by atoms with Gasteiger partial charge in [-0.1, -0.05) is 30.7 Å². The maximum absolute atomic E-state index is 10.6. The summed E-state index contributed by atoms with van der Waals surface area (Å²) in [7, 11) is 1.74. The van der Waals surface area contributed by atoms with Crippen LogP contribution in [0.15, 0.2) is 42.5 Å². The lowest BCUT2D eigenvalue weighted by Crippen LogP contribution is -2.43. The highest BCUT2D eigenvalue weighted by molar-refractivity contribution is 5.44. The lowest BCUT2D eigenvalue weighted by atomic mass is 9.54. The molecule has 0 amide bonds. The summed E-state index contributed by atoms with van der Waals surface area (Å²) in [5.74, 6) is 2.68. The molecule has 1 saturated carbocycles. The number of methoxy groups -OCH3 is 1. The Morgan fingerprint density at radius 1 is 1.42 bits per heavy atom. The predicted octanol–water partition coefficient (Wildman–Crippen LogP) is 4.63. The molecule has 0 aromatic heterocycles. The molecule has 0 unspecified atom stereocenters. The van der Waals surface area contributed by atoms with Gasteiger partial charge >= 0.3 is 0 Å². The number of allylic oxidation sites excluding steroid dienone is 1. The molecule has 0 spiro atoms. The summed E-state index contributed by atoms with van der Waals surface area (Å²) in [5.41, 5.74) is 4.47. The smallest absolute Gasteiger partial charge is 0.119 e. The second-order valence-corrected chi connectivity index (χ2v) is 8.05. The van der Waals surface area contributed by atoms with E-state index < -0.39 is 0 Å². The summed E-state index contributed by atoms with van der Waals surface area (Å²) >= 11 is 0. The first-order valence-electron chi connectivity index (χ1n) is 9.24. The van der Waals surface area contributed by atoms with Crippen molar-refractivity contribution in [3.05, 3.63) is 53.6 Å².